The van der Waals surface area contributed by atoms with E-state index in [1.165, 1.54) is 5.56 Å². The van der Waals surface area contributed by atoms with Crippen LogP contribution in [0, 0.1) is 5.92 Å². The van der Waals surface area contributed by atoms with Crippen LogP contribution in [0.3, 0.4) is 0 Å². The van der Waals surface area contributed by atoms with Crippen LogP contribution in [0.15, 0.2) is 60.3 Å². The molecule has 0 bridgehead atoms. The molecule has 0 amide bonds. The van der Waals surface area contributed by atoms with Gasteiger partial charge in [-0.2, -0.15) is 0 Å². The molecular formula is C19H20N2O. The second kappa shape index (κ2) is 6.67. The molecule has 0 radical (unpaired) electrons. The molecule has 1 unspecified atom stereocenters. The van der Waals surface area contributed by atoms with Crippen LogP contribution in [0.4, 0.5) is 0 Å². The summed E-state index contributed by atoms with van der Waals surface area (Å²) in [5, 5.41) is 0. The van der Waals surface area contributed by atoms with Gasteiger partial charge in [-0.3, -0.25) is 14.7 Å². The molecule has 1 saturated heterocycles. The highest BCUT2D eigenvalue weighted by Crippen LogP contribution is 2.21. The van der Waals surface area contributed by atoms with Crippen LogP contribution in [-0.4, -0.2) is 28.8 Å². The average Bonchev–Trinajstić information content (AvgIpc) is 2.54. The zero-order valence-electron chi connectivity index (χ0n) is 12.8. The van der Waals surface area contributed by atoms with Crippen molar-refractivity contribution in [3.8, 4) is 0 Å². The van der Waals surface area contributed by atoms with Gasteiger partial charge in [-0.1, -0.05) is 43.3 Å². The number of piperidine rings is 1. The third-order valence-corrected chi connectivity index (χ3v) is 3.95. The molecule has 1 aromatic carbocycles. The van der Waals surface area contributed by atoms with Gasteiger partial charge in [0.25, 0.3) is 0 Å². The maximum absolute atomic E-state index is 12.4. The first-order valence-electron chi connectivity index (χ1n) is 7.64. The maximum Gasteiger partial charge on any atom is 0.164 e. The minimum absolute atomic E-state index is 0.0347. The molecular weight excluding hydrogens is 272 g/mol. The van der Waals surface area contributed by atoms with Crippen LogP contribution in [-0.2, 0) is 11.3 Å². The predicted octanol–water partition coefficient (Wildman–Crippen LogP) is 3.19. The van der Waals surface area contributed by atoms with Gasteiger partial charge in [0.05, 0.1) is 5.69 Å². The fourth-order valence-electron chi connectivity index (χ4n) is 2.89. The molecule has 22 heavy (non-hydrogen) atoms. The van der Waals surface area contributed by atoms with Crippen LogP contribution < -0.4 is 0 Å². The lowest BCUT2D eigenvalue weighted by Gasteiger charge is -2.31. The normalized spacial score (nSPS) is 21.2. The second-order valence-electron chi connectivity index (χ2n) is 5.84. The lowest BCUT2D eigenvalue weighted by molar-refractivity contribution is -0.121. The SMILES string of the molecule is CC1CN(Cc2ccccc2)C/C(=C/c2ccccn2)C1=O. The quantitative estimate of drug-likeness (QED) is 0.815. The number of carbonyl (C=O) groups excluding carboxylic acids is 1. The Morgan fingerprint density at radius 3 is 2.68 bits per heavy atom. The number of benzene rings is 1. The highest BCUT2D eigenvalue weighted by Gasteiger charge is 2.27. The van der Waals surface area contributed by atoms with Crippen molar-refractivity contribution in [2.24, 2.45) is 5.92 Å². The standard InChI is InChI=1S/C19H20N2O/c1-15-12-21(13-16-7-3-2-4-8-16)14-17(19(15)22)11-18-9-5-6-10-20-18/h2-11,15H,12-14H2,1H3/b17-11-. The number of hydrogen-bond donors (Lipinski definition) is 0. The molecule has 0 N–H and O–H groups in total. The van der Waals surface area contributed by atoms with Crippen molar-refractivity contribution in [1.29, 1.82) is 0 Å². The van der Waals surface area contributed by atoms with E-state index in [1.807, 2.05) is 37.3 Å². The van der Waals surface area contributed by atoms with Crippen LogP contribution >= 0.6 is 0 Å². The summed E-state index contributed by atoms with van der Waals surface area (Å²) < 4.78 is 0. The molecule has 2 heterocycles. The third-order valence-electron chi connectivity index (χ3n) is 3.95. The molecule has 1 aromatic heterocycles. The van der Waals surface area contributed by atoms with Gasteiger partial charge < -0.3 is 0 Å². The molecule has 1 atom stereocenters. The summed E-state index contributed by atoms with van der Waals surface area (Å²) in [6.07, 6.45) is 3.68. The highest BCUT2D eigenvalue weighted by molar-refractivity contribution is 6.01. The molecule has 3 nitrogen and oxygen atoms in total. The molecule has 3 heteroatoms. The largest absolute Gasteiger partial charge is 0.294 e. The van der Waals surface area contributed by atoms with Crippen LogP contribution in [0.1, 0.15) is 18.2 Å². The van der Waals surface area contributed by atoms with Crippen molar-refractivity contribution < 1.29 is 4.79 Å². The Hall–Kier alpha value is -2.26. The molecule has 2 aromatic rings. The number of likely N-dealkylation sites (tertiary alicyclic amines) is 1. The first-order chi connectivity index (χ1) is 10.7. The molecule has 112 valence electrons. The molecule has 0 aliphatic carbocycles. The zero-order chi connectivity index (χ0) is 15.4. The van der Waals surface area contributed by atoms with E-state index in [1.54, 1.807) is 6.20 Å². The van der Waals surface area contributed by atoms with E-state index >= 15 is 0 Å². The fraction of sp³-hybridized carbons (Fsp3) is 0.263. The summed E-state index contributed by atoms with van der Waals surface area (Å²) in [5.74, 6) is 0.280. The topological polar surface area (TPSA) is 33.2 Å². The number of Topliss-reactive ketones (excluding diaryl/α,β-unsaturated/α-hetero) is 1. The third kappa shape index (κ3) is 3.49. The first-order valence-corrected chi connectivity index (χ1v) is 7.64. The molecule has 1 aliphatic rings. The number of rotatable bonds is 3. The van der Waals surface area contributed by atoms with Gasteiger partial charge in [-0.05, 0) is 23.8 Å². The van der Waals surface area contributed by atoms with E-state index in [4.69, 9.17) is 0 Å². The van der Waals surface area contributed by atoms with Crippen molar-refractivity contribution >= 4 is 11.9 Å². The van der Waals surface area contributed by atoms with Crippen LogP contribution in [0.2, 0.25) is 0 Å². The number of aromatic nitrogens is 1. The molecule has 1 fully saturated rings. The smallest absolute Gasteiger partial charge is 0.164 e. The average molecular weight is 292 g/mol. The number of carbonyl (C=O) groups is 1. The fourth-order valence-corrected chi connectivity index (χ4v) is 2.89. The second-order valence-corrected chi connectivity index (χ2v) is 5.84. The minimum Gasteiger partial charge on any atom is -0.294 e. The van der Waals surface area contributed by atoms with E-state index in [0.29, 0.717) is 6.54 Å². The zero-order valence-corrected chi connectivity index (χ0v) is 12.8. The number of ketones is 1. The summed E-state index contributed by atoms with van der Waals surface area (Å²) in [5.41, 5.74) is 2.98. The minimum atomic E-state index is 0.0347. The van der Waals surface area contributed by atoms with Crippen molar-refractivity contribution in [3.05, 3.63) is 71.6 Å². The monoisotopic (exact) mass is 292 g/mol. The Balaban J connectivity index is 1.78. The number of nitrogens with zero attached hydrogens (tertiary/aromatic N) is 2. The Morgan fingerprint density at radius 1 is 1.18 bits per heavy atom. The molecule has 3 rings (SSSR count). The Morgan fingerprint density at radius 2 is 1.95 bits per heavy atom. The Kier molecular flexibility index (Phi) is 4.45. The van der Waals surface area contributed by atoms with E-state index in [0.717, 1.165) is 24.4 Å². The maximum atomic E-state index is 12.4. The molecule has 0 spiro atoms. The van der Waals surface area contributed by atoms with E-state index in [9.17, 15) is 4.79 Å². The van der Waals surface area contributed by atoms with E-state index in [2.05, 4.69) is 34.1 Å². The van der Waals surface area contributed by atoms with Gasteiger partial charge in [-0.25, -0.2) is 0 Å². The summed E-state index contributed by atoms with van der Waals surface area (Å²) in [4.78, 5) is 19.0. The van der Waals surface area contributed by atoms with Gasteiger partial charge in [0.1, 0.15) is 0 Å². The van der Waals surface area contributed by atoms with Gasteiger partial charge in [-0.15, -0.1) is 0 Å². The van der Waals surface area contributed by atoms with Gasteiger partial charge >= 0.3 is 0 Å². The summed E-state index contributed by atoms with van der Waals surface area (Å²) in [6.45, 7) is 4.38. The van der Waals surface area contributed by atoms with Gasteiger partial charge in [0.2, 0.25) is 0 Å². The molecule has 0 saturated carbocycles. The highest BCUT2D eigenvalue weighted by atomic mass is 16.1. The van der Waals surface area contributed by atoms with Crippen molar-refractivity contribution in [3.63, 3.8) is 0 Å². The van der Waals surface area contributed by atoms with E-state index < -0.39 is 0 Å². The van der Waals surface area contributed by atoms with Gasteiger partial charge in [0.15, 0.2) is 5.78 Å². The molecule has 1 aliphatic heterocycles. The lowest BCUT2D eigenvalue weighted by Crippen LogP contribution is -2.40. The van der Waals surface area contributed by atoms with Crippen molar-refractivity contribution in [2.45, 2.75) is 13.5 Å². The predicted molar refractivity (Wildman–Crippen MR) is 88.1 cm³/mol. The Labute approximate surface area is 131 Å². The number of hydrogen-bond acceptors (Lipinski definition) is 3. The summed E-state index contributed by atoms with van der Waals surface area (Å²) >= 11 is 0. The van der Waals surface area contributed by atoms with Crippen LogP contribution in [0.25, 0.3) is 6.08 Å². The van der Waals surface area contributed by atoms with E-state index in [-0.39, 0.29) is 11.7 Å². The lowest BCUT2D eigenvalue weighted by atomic mass is 9.92. The summed E-state index contributed by atoms with van der Waals surface area (Å²) in [6, 6.07) is 16.1. The van der Waals surface area contributed by atoms with Crippen molar-refractivity contribution in [1.82, 2.24) is 9.88 Å². The van der Waals surface area contributed by atoms with Crippen molar-refractivity contribution in [2.75, 3.05) is 13.1 Å². The van der Waals surface area contributed by atoms with Crippen LogP contribution in [0.5, 0.6) is 0 Å². The number of pyridine rings is 1. The van der Waals surface area contributed by atoms with Gasteiger partial charge in [0, 0.05) is 37.3 Å². The first kappa shape index (κ1) is 14.7. The Bertz CT molecular complexity index is 664. The summed E-state index contributed by atoms with van der Waals surface area (Å²) in [7, 11) is 0.